The van der Waals surface area contributed by atoms with E-state index in [4.69, 9.17) is 21.3 Å². The molecule has 0 amide bonds. The molecule has 0 saturated carbocycles. The van der Waals surface area contributed by atoms with Gasteiger partial charge < -0.3 is 15.4 Å². The van der Waals surface area contributed by atoms with Crippen LogP contribution in [-0.2, 0) is 16.0 Å². The number of anilines is 2. The second-order valence-corrected chi connectivity index (χ2v) is 9.77. The lowest BCUT2D eigenvalue weighted by molar-refractivity contribution is -0.144. The van der Waals surface area contributed by atoms with Gasteiger partial charge in [-0.3, -0.25) is 4.99 Å². The van der Waals surface area contributed by atoms with E-state index >= 15 is 0 Å². The summed E-state index contributed by atoms with van der Waals surface area (Å²) in [5.74, 6) is -0.770. The minimum atomic E-state index is -0.697. The Morgan fingerprint density at radius 2 is 1.90 bits per heavy atom. The molecule has 6 rings (SSSR count). The van der Waals surface area contributed by atoms with Crippen LogP contribution in [-0.4, -0.2) is 46.1 Å². The van der Waals surface area contributed by atoms with Gasteiger partial charge >= 0.3 is 5.97 Å². The van der Waals surface area contributed by atoms with Crippen LogP contribution < -0.4 is 10.6 Å². The quantitative estimate of drug-likeness (QED) is 0.387. The highest BCUT2D eigenvalue weighted by molar-refractivity contribution is 6.69. The highest BCUT2D eigenvalue weighted by Crippen LogP contribution is 2.41. The molecular weight excluding hydrogens is 550 g/mol. The Morgan fingerprint density at radius 3 is 2.66 bits per heavy atom. The number of esters is 1. The lowest BCUT2D eigenvalue weighted by Crippen LogP contribution is -2.38. The van der Waals surface area contributed by atoms with E-state index in [1.54, 1.807) is 19.3 Å². The van der Waals surface area contributed by atoms with Gasteiger partial charge in [-0.05, 0) is 67.0 Å². The lowest BCUT2D eigenvalue weighted by Gasteiger charge is -2.22. The topological polar surface area (TPSA) is 101 Å². The van der Waals surface area contributed by atoms with Crippen molar-refractivity contribution in [2.24, 2.45) is 9.98 Å². The number of carbonyl (C=O) groups is 1. The average Bonchev–Trinajstić information content (AvgIpc) is 3.40. The van der Waals surface area contributed by atoms with E-state index in [9.17, 15) is 13.6 Å². The molecule has 1 atom stereocenters. The number of nitrogens with zero attached hydrogens (tertiary/aromatic N) is 4. The van der Waals surface area contributed by atoms with Crippen LogP contribution in [0.5, 0.6) is 0 Å². The molecule has 206 valence electrons. The van der Waals surface area contributed by atoms with Crippen LogP contribution in [0.15, 0.2) is 82.6 Å². The molecule has 8 nitrogen and oxygen atoms in total. The summed E-state index contributed by atoms with van der Waals surface area (Å²) < 4.78 is 34.6. The van der Waals surface area contributed by atoms with Gasteiger partial charge in [0.1, 0.15) is 28.7 Å². The molecule has 1 unspecified atom stereocenters. The summed E-state index contributed by atoms with van der Waals surface area (Å²) in [5.41, 5.74) is 4.26. The Morgan fingerprint density at radius 1 is 1.12 bits per heavy atom. The minimum Gasteiger partial charge on any atom is -0.464 e. The zero-order valence-corrected chi connectivity index (χ0v) is 22.5. The van der Waals surface area contributed by atoms with Crippen molar-refractivity contribution >= 4 is 51.4 Å². The number of halogens is 3. The first kappa shape index (κ1) is 26.5. The highest BCUT2D eigenvalue weighted by atomic mass is 35.5. The Kier molecular flexibility index (Phi) is 7.15. The van der Waals surface area contributed by atoms with Gasteiger partial charge in [-0.25, -0.2) is 28.5 Å². The number of amidine groups is 1. The second kappa shape index (κ2) is 11.1. The van der Waals surface area contributed by atoms with Crippen LogP contribution in [0.3, 0.4) is 0 Å². The van der Waals surface area contributed by atoms with E-state index in [1.807, 2.05) is 30.3 Å². The third kappa shape index (κ3) is 5.26. The van der Waals surface area contributed by atoms with E-state index in [0.29, 0.717) is 53.8 Å². The van der Waals surface area contributed by atoms with Crippen molar-refractivity contribution in [1.29, 1.82) is 0 Å². The fourth-order valence-corrected chi connectivity index (χ4v) is 5.00. The van der Waals surface area contributed by atoms with E-state index < -0.39 is 17.7 Å². The van der Waals surface area contributed by atoms with Gasteiger partial charge in [-0.2, -0.15) is 0 Å². The fourth-order valence-electron chi connectivity index (χ4n) is 4.84. The molecule has 11 heteroatoms. The number of benzene rings is 2. The number of aromatic nitrogens is 2. The van der Waals surface area contributed by atoms with Crippen molar-refractivity contribution in [1.82, 2.24) is 15.3 Å². The van der Waals surface area contributed by atoms with Crippen molar-refractivity contribution in [2.45, 2.75) is 19.4 Å². The second-order valence-electron chi connectivity index (χ2n) is 9.38. The van der Waals surface area contributed by atoms with Crippen LogP contribution in [0.25, 0.3) is 11.1 Å². The van der Waals surface area contributed by atoms with Crippen LogP contribution in [0.4, 0.5) is 20.4 Å². The number of ether oxygens (including phenoxy) is 1. The standard InChI is InChI=1S/C30H23ClF2N6O2/c1-2-41-29(40)24-15-35-28(38-24)16-6-9-18(10-7-16)37-30-36-13-17-8-11-19-20(26-22(32)4-3-5-23(26)33)12-25(31)34-14-21(19)27(17)39-30/h3-7,9-14,24H,2,8,15H2,1H3,(H,35,38)(H,36,37,39). The molecular formula is C30H23ClF2N6O2. The summed E-state index contributed by atoms with van der Waals surface area (Å²) in [4.78, 5) is 29.9. The van der Waals surface area contributed by atoms with E-state index in [0.717, 1.165) is 16.8 Å². The third-order valence-electron chi connectivity index (χ3n) is 6.77. The SMILES string of the molecule is CCOC(=O)C1CN=C(c2ccc(Nc3ncc4c(n3)C3=CN=C(Cl)C=C(c5c(F)cccc5F)C3=CC4)cc2)N1. The number of aliphatic imine (C=N–C) groups is 2. The molecule has 2 N–H and O–H groups in total. The first-order valence-corrected chi connectivity index (χ1v) is 13.3. The highest BCUT2D eigenvalue weighted by Gasteiger charge is 2.28. The maximum Gasteiger partial charge on any atom is 0.330 e. The van der Waals surface area contributed by atoms with Crippen molar-refractivity contribution in [3.8, 4) is 0 Å². The molecule has 2 aromatic carbocycles. The first-order chi connectivity index (χ1) is 19.9. The maximum absolute atomic E-state index is 14.8. The molecule has 0 fully saturated rings. The summed E-state index contributed by atoms with van der Waals surface area (Å²) in [6.45, 7) is 2.40. The van der Waals surface area contributed by atoms with E-state index in [1.165, 1.54) is 24.3 Å². The summed E-state index contributed by atoms with van der Waals surface area (Å²) in [5, 5.41) is 6.39. The zero-order valence-electron chi connectivity index (χ0n) is 21.8. The molecule has 3 aromatic rings. The molecule has 0 radical (unpaired) electrons. The predicted molar refractivity (Wildman–Crippen MR) is 154 cm³/mol. The summed E-state index contributed by atoms with van der Waals surface area (Å²) in [7, 11) is 0. The van der Waals surface area contributed by atoms with E-state index in [-0.39, 0.29) is 16.7 Å². The molecule has 0 bridgehead atoms. The van der Waals surface area contributed by atoms with Crippen molar-refractivity contribution in [2.75, 3.05) is 18.5 Å². The van der Waals surface area contributed by atoms with Gasteiger partial charge in [-0.15, -0.1) is 0 Å². The Balaban J connectivity index is 1.24. The molecule has 41 heavy (non-hydrogen) atoms. The van der Waals surface area contributed by atoms with Crippen molar-refractivity contribution in [3.05, 3.63) is 107 Å². The van der Waals surface area contributed by atoms with Gasteiger partial charge in [0.05, 0.1) is 24.4 Å². The summed E-state index contributed by atoms with van der Waals surface area (Å²) in [6.07, 6.45) is 7.06. The lowest BCUT2D eigenvalue weighted by atomic mass is 9.84. The van der Waals surface area contributed by atoms with Gasteiger partial charge in [-0.1, -0.05) is 23.7 Å². The Bertz CT molecular complexity index is 1690. The molecule has 1 aliphatic carbocycles. The Labute approximate surface area is 239 Å². The van der Waals surface area contributed by atoms with Crippen LogP contribution in [0.1, 0.15) is 29.3 Å². The number of fused-ring (bicyclic) bond motifs is 3. The number of hydrogen-bond acceptors (Lipinski definition) is 8. The number of allylic oxidation sites excluding steroid dienone is 5. The first-order valence-electron chi connectivity index (χ1n) is 12.9. The smallest absolute Gasteiger partial charge is 0.330 e. The van der Waals surface area contributed by atoms with Gasteiger partial charge in [0, 0.05) is 34.8 Å². The van der Waals surface area contributed by atoms with Crippen LogP contribution >= 0.6 is 11.6 Å². The van der Waals surface area contributed by atoms with Gasteiger partial charge in [0.25, 0.3) is 0 Å². The van der Waals surface area contributed by atoms with Crippen molar-refractivity contribution < 1.29 is 18.3 Å². The van der Waals surface area contributed by atoms with Crippen LogP contribution in [0.2, 0.25) is 0 Å². The number of rotatable bonds is 6. The summed E-state index contributed by atoms with van der Waals surface area (Å²) >= 11 is 6.27. The molecule has 1 aromatic heterocycles. The Hall–Kier alpha value is -4.70. The van der Waals surface area contributed by atoms with Gasteiger partial charge in [0.2, 0.25) is 5.95 Å². The average molecular weight is 573 g/mol. The number of hydrogen-bond donors (Lipinski definition) is 2. The molecule has 2 aliphatic heterocycles. The normalized spacial score (nSPS) is 17.5. The molecule has 3 heterocycles. The largest absolute Gasteiger partial charge is 0.464 e. The third-order valence-corrected chi connectivity index (χ3v) is 6.97. The molecule has 0 spiro atoms. The monoisotopic (exact) mass is 572 g/mol. The van der Waals surface area contributed by atoms with Gasteiger partial charge in [0.15, 0.2) is 0 Å². The minimum absolute atomic E-state index is 0.0921. The predicted octanol–water partition coefficient (Wildman–Crippen LogP) is 5.34. The van der Waals surface area contributed by atoms with Crippen LogP contribution in [0, 0.1) is 11.6 Å². The van der Waals surface area contributed by atoms with Crippen molar-refractivity contribution in [3.63, 3.8) is 0 Å². The molecule has 0 saturated heterocycles. The number of carbonyl (C=O) groups excluding carboxylic acids is 1. The molecule has 3 aliphatic rings. The fraction of sp³-hybridized carbons (Fsp3) is 0.167. The summed E-state index contributed by atoms with van der Waals surface area (Å²) in [6, 6.07) is 10.7. The van der Waals surface area contributed by atoms with E-state index in [2.05, 4.69) is 25.6 Å². The maximum atomic E-state index is 14.8. The number of nitrogens with one attached hydrogen (secondary N) is 2. The zero-order chi connectivity index (χ0) is 28.5.